The van der Waals surface area contributed by atoms with E-state index in [4.69, 9.17) is 4.74 Å². The molecule has 1 fully saturated rings. The first-order chi connectivity index (χ1) is 13.4. The van der Waals surface area contributed by atoms with E-state index in [1.165, 1.54) is 13.2 Å². The lowest BCUT2D eigenvalue weighted by Crippen LogP contribution is -2.32. The first-order valence-electron chi connectivity index (χ1n) is 8.89. The minimum atomic E-state index is -3.89. The van der Waals surface area contributed by atoms with E-state index < -0.39 is 15.9 Å². The van der Waals surface area contributed by atoms with E-state index in [0.717, 1.165) is 23.6 Å². The first-order valence-corrected chi connectivity index (χ1v) is 10.5. The first kappa shape index (κ1) is 18.4. The van der Waals surface area contributed by atoms with Gasteiger partial charge in [-0.25, -0.2) is 13.1 Å². The highest BCUT2D eigenvalue weighted by atomic mass is 32.2. The van der Waals surface area contributed by atoms with Crippen molar-refractivity contribution in [1.82, 2.24) is 14.9 Å². The summed E-state index contributed by atoms with van der Waals surface area (Å²) in [5.74, 6) is -0.381. The molecule has 28 heavy (non-hydrogen) atoms. The average Bonchev–Trinajstić information content (AvgIpc) is 3.51. The fourth-order valence-electron chi connectivity index (χ4n) is 3.08. The number of hydrogen-bond donors (Lipinski definition) is 1. The molecule has 2 aromatic carbocycles. The van der Waals surface area contributed by atoms with Crippen LogP contribution in [0.1, 0.15) is 40.5 Å². The Morgan fingerprint density at radius 3 is 2.57 bits per heavy atom. The van der Waals surface area contributed by atoms with Crippen molar-refractivity contribution in [2.24, 2.45) is 0 Å². The van der Waals surface area contributed by atoms with E-state index in [1.807, 2.05) is 30.3 Å². The third-order valence-corrected chi connectivity index (χ3v) is 5.83. The topological polar surface area (TPSA) is 98.2 Å². The second kappa shape index (κ2) is 7.20. The molecule has 0 atom stereocenters. The van der Waals surface area contributed by atoms with Gasteiger partial charge in [0.25, 0.3) is 5.91 Å². The largest absolute Gasteiger partial charge is 0.495 e. The normalized spacial score (nSPS) is 14.0. The number of rotatable bonds is 6. The summed E-state index contributed by atoms with van der Waals surface area (Å²) in [5, 5.41) is 9.88. The van der Waals surface area contributed by atoms with Crippen molar-refractivity contribution in [1.29, 1.82) is 0 Å². The van der Waals surface area contributed by atoms with E-state index in [0.29, 0.717) is 22.9 Å². The second-order valence-corrected chi connectivity index (χ2v) is 8.55. The van der Waals surface area contributed by atoms with Gasteiger partial charge in [0.2, 0.25) is 10.0 Å². The zero-order valence-corrected chi connectivity index (χ0v) is 16.1. The van der Waals surface area contributed by atoms with Gasteiger partial charge in [-0.15, -0.1) is 5.10 Å². The molecule has 0 radical (unpaired) electrons. The maximum absolute atomic E-state index is 12.4. The van der Waals surface area contributed by atoms with Gasteiger partial charge in [0, 0.05) is 12.0 Å². The van der Waals surface area contributed by atoms with Crippen molar-refractivity contribution in [3.05, 3.63) is 65.5 Å². The molecule has 1 amide bonds. The number of fused-ring (bicyclic) bond motifs is 1. The molecule has 8 heteroatoms. The predicted octanol–water partition coefficient (Wildman–Crippen LogP) is 2.78. The van der Waals surface area contributed by atoms with Crippen LogP contribution in [-0.2, 0) is 15.8 Å². The molecule has 0 bridgehead atoms. The highest BCUT2D eigenvalue weighted by molar-refractivity contribution is 7.89. The van der Waals surface area contributed by atoms with Crippen LogP contribution in [0.15, 0.2) is 48.5 Å². The van der Waals surface area contributed by atoms with Gasteiger partial charge < -0.3 is 4.74 Å². The van der Waals surface area contributed by atoms with Gasteiger partial charge in [-0.05, 0) is 29.2 Å². The maximum atomic E-state index is 12.4. The van der Waals surface area contributed by atoms with Gasteiger partial charge in [-0.2, -0.15) is 5.10 Å². The number of sulfonamides is 1. The molecule has 1 aromatic heterocycles. The minimum absolute atomic E-state index is 0.0941. The summed E-state index contributed by atoms with van der Waals surface area (Å²) in [6, 6.07) is 14.5. The Balaban J connectivity index is 1.51. The molecule has 1 heterocycles. The number of benzene rings is 2. The van der Waals surface area contributed by atoms with Crippen molar-refractivity contribution >= 4 is 26.7 Å². The van der Waals surface area contributed by atoms with Crippen molar-refractivity contribution < 1.29 is 17.9 Å². The average molecular weight is 397 g/mol. The molecule has 0 aliphatic heterocycles. The fourth-order valence-corrected chi connectivity index (χ4v) is 4.15. The number of hydrogen-bond acceptors (Lipinski definition) is 6. The van der Waals surface area contributed by atoms with Crippen LogP contribution >= 0.6 is 0 Å². The Kier molecular flexibility index (Phi) is 4.72. The summed E-state index contributed by atoms with van der Waals surface area (Å²) < 4.78 is 32.2. The molecule has 0 unspecified atom stereocenters. The molecule has 1 saturated carbocycles. The molecule has 1 aliphatic carbocycles. The summed E-state index contributed by atoms with van der Waals surface area (Å²) in [6.07, 6.45) is 2.02. The number of nitrogens with zero attached hydrogens (tertiary/aromatic N) is 2. The Labute approximate surface area is 162 Å². The number of carbonyl (C=O) groups excluding carboxylic acids is 1. The van der Waals surface area contributed by atoms with E-state index >= 15 is 0 Å². The molecular formula is C20H19N3O4S. The predicted molar refractivity (Wildman–Crippen MR) is 105 cm³/mol. The number of nitrogens with one attached hydrogen (secondary N) is 1. The highest BCUT2D eigenvalue weighted by Gasteiger charge is 2.30. The summed E-state index contributed by atoms with van der Waals surface area (Å²) in [4.78, 5) is 12.4. The van der Waals surface area contributed by atoms with Gasteiger partial charge in [0.15, 0.2) is 5.69 Å². The van der Waals surface area contributed by atoms with Gasteiger partial charge in [0.05, 0.1) is 12.9 Å². The van der Waals surface area contributed by atoms with Crippen molar-refractivity contribution in [2.75, 3.05) is 7.11 Å². The van der Waals surface area contributed by atoms with Crippen LogP contribution in [0.5, 0.6) is 5.75 Å². The van der Waals surface area contributed by atoms with Gasteiger partial charge in [-0.1, -0.05) is 42.5 Å². The van der Waals surface area contributed by atoms with Crippen LogP contribution in [0, 0.1) is 0 Å². The van der Waals surface area contributed by atoms with Crippen molar-refractivity contribution in [3.63, 3.8) is 0 Å². The van der Waals surface area contributed by atoms with Crippen LogP contribution in [0.4, 0.5) is 0 Å². The summed E-state index contributed by atoms with van der Waals surface area (Å²) in [5.41, 5.74) is 1.20. The molecule has 0 spiro atoms. The van der Waals surface area contributed by atoms with E-state index in [-0.39, 0.29) is 11.4 Å². The lowest BCUT2D eigenvalue weighted by Gasteiger charge is -2.09. The Hall–Kier alpha value is -3.00. The van der Waals surface area contributed by atoms with Crippen molar-refractivity contribution in [3.8, 4) is 5.75 Å². The van der Waals surface area contributed by atoms with Crippen LogP contribution < -0.4 is 9.46 Å². The quantitative estimate of drug-likeness (QED) is 0.687. The minimum Gasteiger partial charge on any atom is -0.495 e. The smallest absolute Gasteiger partial charge is 0.285 e. The summed E-state index contributed by atoms with van der Waals surface area (Å²) in [7, 11) is -2.41. The number of amides is 1. The number of aromatic nitrogens is 2. The molecule has 0 saturated heterocycles. The lowest BCUT2D eigenvalue weighted by molar-refractivity contribution is 0.0975. The molecular weight excluding hydrogens is 378 g/mol. The molecule has 1 N–H and O–H groups in total. The SMILES string of the molecule is COc1cc(C(=O)NS(=O)(=O)Cc2ccc3ccccc3c2)nnc1C1CC1. The van der Waals surface area contributed by atoms with Gasteiger partial charge in [0.1, 0.15) is 11.4 Å². The van der Waals surface area contributed by atoms with E-state index in [1.54, 1.807) is 12.1 Å². The van der Waals surface area contributed by atoms with Crippen LogP contribution in [-0.4, -0.2) is 31.6 Å². The number of carbonyl (C=O) groups is 1. The fraction of sp³-hybridized carbons (Fsp3) is 0.250. The Bertz CT molecular complexity index is 1160. The Morgan fingerprint density at radius 1 is 1.11 bits per heavy atom. The molecule has 3 aromatic rings. The van der Waals surface area contributed by atoms with Crippen LogP contribution in [0.25, 0.3) is 10.8 Å². The molecule has 7 nitrogen and oxygen atoms in total. The highest BCUT2D eigenvalue weighted by Crippen LogP contribution is 2.42. The molecule has 4 rings (SSSR count). The van der Waals surface area contributed by atoms with Gasteiger partial charge >= 0.3 is 0 Å². The Morgan fingerprint density at radius 2 is 1.86 bits per heavy atom. The number of methoxy groups -OCH3 is 1. The van der Waals surface area contributed by atoms with E-state index in [2.05, 4.69) is 14.9 Å². The summed E-state index contributed by atoms with van der Waals surface area (Å²) in [6.45, 7) is 0. The summed E-state index contributed by atoms with van der Waals surface area (Å²) >= 11 is 0. The standard InChI is InChI=1S/C20H19N3O4S/c1-27-18-11-17(21-22-19(18)15-8-9-15)20(24)23-28(25,26)12-13-6-7-14-4-2-3-5-16(14)10-13/h2-7,10-11,15H,8-9,12H2,1H3,(H,23,24). The maximum Gasteiger partial charge on any atom is 0.285 e. The third-order valence-electron chi connectivity index (χ3n) is 4.62. The zero-order valence-electron chi connectivity index (χ0n) is 15.3. The number of ether oxygens (including phenoxy) is 1. The van der Waals surface area contributed by atoms with E-state index in [9.17, 15) is 13.2 Å². The zero-order chi connectivity index (χ0) is 19.7. The monoisotopic (exact) mass is 397 g/mol. The third kappa shape index (κ3) is 3.96. The van der Waals surface area contributed by atoms with Gasteiger partial charge in [-0.3, -0.25) is 4.79 Å². The second-order valence-electron chi connectivity index (χ2n) is 6.83. The van der Waals surface area contributed by atoms with Crippen molar-refractivity contribution in [2.45, 2.75) is 24.5 Å². The van der Waals surface area contributed by atoms with Crippen LogP contribution in [0.3, 0.4) is 0 Å². The lowest BCUT2D eigenvalue weighted by atomic mass is 10.1. The molecule has 1 aliphatic rings. The molecule has 144 valence electrons. The van der Waals surface area contributed by atoms with Crippen LogP contribution in [0.2, 0.25) is 0 Å².